The van der Waals surface area contributed by atoms with Gasteiger partial charge in [-0.3, -0.25) is 0 Å². The summed E-state index contributed by atoms with van der Waals surface area (Å²) >= 11 is 5.74. The van der Waals surface area contributed by atoms with E-state index in [4.69, 9.17) is 22.1 Å². The molecule has 16 heavy (non-hydrogen) atoms. The Labute approximate surface area is 99.4 Å². The number of nitrogens with one attached hydrogen (secondary N) is 1. The molecule has 1 saturated heterocycles. The van der Waals surface area contributed by atoms with Crippen molar-refractivity contribution >= 4 is 23.1 Å². The molecule has 3 N–H and O–H groups in total. The van der Waals surface area contributed by atoms with E-state index in [1.165, 1.54) is 6.20 Å². The topological polar surface area (TPSA) is 73.1 Å². The minimum atomic E-state index is -0.0376. The van der Waals surface area contributed by atoms with Crippen LogP contribution in [0.2, 0.25) is 5.28 Å². The van der Waals surface area contributed by atoms with E-state index in [9.17, 15) is 0 Å². The monoisotopic (exact) mass is 242 g/mol. The molecule has 0 spiro atoms. The number of hydrogen-bond acceptors (Lipinski definition) is 5. The van der Waals surface area contributed by atoms with Gasteiger partial charge >= 0.3 is 0 Å². The highest BCUT2D eigenvalue weighted by atomic mass is 35.5. The third-order valence-electron chi connectivity index (χ3n) is 2.80. The first-order valence-electron chi connectivity index (χ1n) is 5.23. The lowest BCUT2D eigenvalue weighted by atomic mass is 9.92. The molecule has 0 aromatic carbocycles. The average Bonchev–Trinajstić information content (AvgIpc) is 2.24. The number of halogens is 1. The normalized spacial score (nSPS) is 19.4. The lowest BCUT2D eigenvalue weighted by Crippen LogP contribution is -2.41. The van der Waals surface area contributed by atoms with Crippen LogP contribution < -0.4 is 11.1 Å². The van der Waals surface area contributed by atoms with Gasteiger partial charge in [-0.1, -0.05) is 0 Å². The Morgan fingerprint density at radius 1 is 1.50 bits per heavy atom. The Morgan fingerprint density at radius 3 is 2.88 bits per heavy atom. The van der Waals surface area contributed by atoms with Crippen molar-refractivity contribution in [3.8, 4) is 0 Å². The summed E-state index contributed by atoms with van der Waals surface area (Å²) in [5, 5.41) is 3.53. The lowest BCUT2D eigenvalue weighted by molar-refractivity contribution is 0.0657. The second kappa shape index (κ2) is 4.43. The molecule has 5 nitrogen and oxygen atoms in total. The summed E-state index contributed by atoms with van der Waals surface area (Å²) in [5.41, 5.74) is 6.26. The van der Waals surface area contributed by atoms with Crippen LogP contribution in [0.3, 0.4) is 0 Å². The number of rotatable bonds is 2. The van der Waals surface area contributed by atoms with Gasteiger partial charge in [-0.15, -0.1) is 0 Å². The zero-order chi connectivity index (χ0) is 11.6. The number of anilines is 2. The summed E-state index contributed by atoms with van der Waals surface area (Å²) in [7, 11) is 0. The van der Waals surface area contributed by atoms with Gasteiger partial charge in [0.05, 0.1) is 11.9 Å². The van der Waals surface area contributed by atoms with Crippen molar-refractivity contribution in [2.75, 3.05) is 24.3 Å². The second-order valence-electron chi connectivity index (χ2n) is 4.24. The van der Waals surface area contributed by atoms with Crippen LogP contribution in [0.1, 0.15) is 19.8 Å². The molecule has 1 aromatic heterocycles. The fourth-order valence-electron chi connectivity index (χ4n) is 1.70. The van der Waals surface area contributed by atoms with Crippen molar-refractivity contribution in [2.45, 2.75) is 25.3 Å². The molecule has 0 amide bonds. The standard InChI is InChI=1S/C10H15ClN4O/c1-10(2-4-16-5-3-10)15-8-7(12)6-13-9(11)14-8/h6H,2-5,12H2,1H3,(H,13,14,15). The molecule has 0 aliphatic carbocycles. The molecule has 1 aliphatic heterocycles. The molecule has 1 fully saturated rings. The Balaban J connectivity index is 2.15. The van der Waals surface area contributed by atoms with Gasteiger partial charge in [-0.05, 0) is 31.4 Å². The quantitative estimate of drug-likeness (QED) is 0.773. The van der Waals surface area contributed by atoms with E-state index in [-0.39, 0.29) is 10.8 Å². The first-order valence-corrected chi connectivity index (χ1v) is 5.61. The highest BCUT2D eigenvalue weighted by molar-refractivity contribution is 6.28. The Bertz CT molecular complexity index is 379. The molecule has 0 bridgehead atoms. The molecule has 0 unspecified atom stereocenters. The molecule has 2 rings (SSSR count). The highest BCUT2D eigenvalue weighted by Gasteiger charge is 2.28. The molecule has 1 aliphatic rings. The highest BCUT2D eigenvalue weighted by Crippen LogP contribution is 2.27. The molecular formula is C10H15ClN4O. The van der Waals surface area contributed by atoms with E-state index in [1.807, 2.05) is 0 Å². The lowest BCUT2D eigenvalue weighted by Gasteiger charge is -2.35. The van der Waals surface area contributed by atoms with Crippen LogP contribution in [0, 0.1) is 0 Å². The van der Waals surface area contributed by atoms with Gasteiger partial charge in [0, 0.05) is 18.8 Å². The van der Waals surface area contributed by atoms with E-state index >= 15 is 0 Å². The first-order chi connectivity index (χ1) is 7.59. The SMILES string of the molecule is CC1(Nc2nc(Cl)ncc2N)CCOCC1. The van der Waals surface area contributed by atoms with Gasteiger partial charge in [0.15, 0.2) is 5.82 Å². The van der Waals surface area contributed by atoms with E-state index in [2.05, 4.69) is 22.2 Å². The summed E-state index contributed by atoms with van der Waals surface area (Å²) in [4.78, 5) is 7.91. The van der Waals surface area contributed by atoms with E-state index in [0.717, 1.165) is 26.1 Å². The van der Waals surface area contributed by atoms with E-state index in [1.54, 1.807) is 0 Å². The van der Waals surface area contributed by atoms with Crippen molar-refractivity contribution in [3.05, 3.63) is 11.5 Å². The minimum Gasteiger partial charge on any atom is -0.394 e. The largest absolute Gasteiger partial charge is 0.394 e. The van der Waals surface area contributed by atoms with Gasteiger partial charge < -0.3 is 15.8 Å². The zero-order valence-electron chi connectivity index (χ0n) is 9.16. The molecule has 1 aromatic rings. The maximum atomic E-state index is 5.79. The fourth-order valence-corrected chi connectivity index (χ4v) is 1.84. The van der Waals surface area contributed by atoms with Crippen LogP contribution in [0.15, 0.2) is 6.20 Å². The maximum absolute atomic E-state index is 5.79. The van der Waals surface area contributed by atoms with Crippen molar-refractivity contribution < 1.29 is 4.74 Å². The zero-order valence-corrected chi connectivity index (χ0v) is 9.92. The molecule has 6 heteroatoms. The molecule has 88 valence electrons. The number of nitrogen functional groups attached to an aromatic ring is 1. The maximum Gasteiger partial charge on any atom is 0.224 e. The minimum absolute atomic E-state index is 0.0376. The molecule has 2 heterocycles. The summed E-state index contributed by atoms with van der Waals surface area (Å²) in [6.07, 6.45) is 3.36. The van der Waals surface area contributed by atoms with Crippen molar-refractivity contribution in [1.82, 2.24) is 9.97 Å². The summed E-state index contributed by atoms with van der Waals surface area (Å²) in [5.74, 6) is 0.601. The Hall–Kier alpha value is -1.07. The van der Waals surface area contributed by atoms with Gasteiger partial charge in [0.2, 0.25) is 5.28 Å². The Morgan fingerprint density at radius 2 is 2.19 bits per heavy atom. The predicted molar refractivity (Wildman–Crippen MR) is 63.5 cm³/mol. The number of hydrogen-bond donors (Lipinski definition) is 2. The van der Waals surface area contributed by atoms with Gasteiger partial charge in [-0.2, -0.15) is 4.98 Å². The van der Waals surface area contributed by atoms with Gasteiger partial charge in [-0.25, -0.2) is 4.98 Å². The van der Waals surface area contributed by atoms with Crippen LogP contribution in [-0.4, -0.2) is 28.7 Å². The van der Waals surface area contributed by atoms with Crippen LogP contribution in [-0.2, 0) is 4.74 Å². The van der Waals surface area contributed by atoms with Gasteiger partial charge in [0.1, 0.15) is 0 Å². The Kier molecular flexibility index (Phi) is 3.16. The smallest absolute Gasteiger partial charge is 0.224 e. The van der Waals surface area contributed by atoms with Crippen LogP contribution in [0.25, 0.3) is 0 Å². The van der Waals surface area contributed by atoms with Crippen LogP contribution in [0.4, 0.5) is 11.5 Å². The van der Waals surface area contributed by atoms with Crippen molar-refractivity contribution in [2.24, 2.45) is 0 Å². The number of aromatic nitrogens is 2. The van der Waals surface area contributed by atoms with E-state index in [0.29, 0.717) is 11.5 Å². The third kappa shape index (κ3) is 2.54. The summed E-state index contributed by atoms with van der Waals surface area (Å²) < 4.78 is 5.33. The summed E-state index contributed by atoms with van der Waals surface area (Å²) in [6.45, 7) is 3.63. The van der Waals surface area contributed by atoms with Crippen LogP contribution in [0.5, 0.6) is 0 Å². The summed E-state index contributed by atoms with van der Waals surface area (Å²) in [6, 6.07) is 0. The van der Waals surface area contributed by atoms with Crippen LogP contribution >= 0.6 is 11.6 Å². The first kappa shape index (κ1) is 11.4. The van der Waals surface area contributed by atoms with Crippen molar-refractivity contribution in [3.63, 3.8) is 0 Å². The molecular weight excluding hydrogens is 228 g/mol. The van der Waals surface area contributed by atoms with Gasteiger partial charge in [0.25, 0.3) is 0 Å². The number of nitrogens with zero attached hydrogens (tertiary/aromatic N) is 2. The molecule has 0 radical (unpaired) electrons. The third-order valence-corrected chi connectivity index (χ3v) is 2.99. The number of nitrogens with two attached hydrogens (primary N) is 1. The number of ether oxygens (including phenoxy) is 1. The molecule has 0 saturated carbocycles. The second-order valence-corrected chi connectivity index (χ2v) is 4.58. The fraction of sp³-hybridized carbons (Fsp3) is 0.600. The van der Waals surface area contributed by atoms with E-state index < -0.39 is 0 Å². The van der Waals surface area contributed by atoms with Crippen molar-refractivity contribution in [1.29, 1.82) is 0 Å². The average molecular weight is 243 g/mol. The predicted octanol–water partition coefficient (Wildman–Crippen LogP) is 1.69. The molecule has 0 atom stereocenters.